The number of nitrogens with two attached hydrogens (primary N) is 1. The van der Waals surface area contributed by atoms with Gasteiger partial charge in [-0.3, -0.25) is 4.79 Å². The number of carbonyl (C=O) groups is 1. The lowest BCUT2D eigenvalue weighted by Crippen LogP contribution is -2.33. The maximum atomic E-state index is 10.5. The molecule has 5 atom stereocenters. The fourth-order valence-corrected chi connectivity index (χ4v) is 2.70. The van der Waals surface area contributed by atoms with Crippen LogP contribution in [0.1, 0.15) is 13.3 Å². The standard InChI is InChI=1S/C10H19NO5S/c1-5-8(12)9(13)7(16-5)4-17-3-2-6(11)10(14)15/h5-9,12-13H,2-4,11H2,1H3,(H,14,15)/t5?,6-,7?,8-,9+/m0/s1. The number of carboxylic acid groups (broad SMARTS) is 1. The molecule has 2 unspecified atom stereocenters. The Morgan fingerprint density at radius 3 is 2.59 bits per heavy atom. The molecular formula is C10H19NO5S. The van der Waals surface area contributed by atoms with Crippen LogP contribution in [0.5, 0.6) is 0 Å². The molecule has 1 rings (SSSR count). The second kappa shape index (κ2) is 6.55. The monoisotopic (exact) mass is 265 g/mol. The largest absolute Gasteiger partial charge is 0.480 e. The summed E-state index contributed by atoms with van der Waals surface area (Å²) in [4.78, 5) is 10.5. The fraction of sp³-hybridized carbons (Fsp3) is 0.900. The van der Waals surface area contributed by atoms with E-state index >= 15 is 0 Å². The summed E-state index contributed by atoms with van der Waals surface area (Å²) in [5.74, 6) is 0.103. The summed E-state index contributed by atoms with van der Waals surface area (Å²) in [6.45, 7) is 1.71. The van der Waals surface area contributed by atoms with E-state index in [1.807, 2.05) is 0 Å². The molecule has 17 heavy (non-hydrogen) atoms. The Morgan fingerprint density at radius 1 is 1.47 bits per heavy atom. The summed E-state index contributed by atoms with van der Waals surface area (Å²) in [6, 6.07) is -0.846. The van der Waals surface area contributed by atoms with Crippen molar-refractivity contribution in [3.63, 3.8) is 0 Å². The minimum absolute atomic E-state index is 0.364. The third-order valence-corrected chi connectivity index (χ3v) is 3.86. The predicted molar refractivity (Wildman–Crippen MR) is 63.9 cm³/mol. The van der Waals surface area contributed by atoms with Crippen LogP contribution in [0.4, 0.5) is 0 Å². The van der Waals surface area contributed by atoms with Gasteiger partial charge in [-0.05, 0) is 19.1 Å². The van der Waals surface area contributed by atoms with Crippen LogP contribution in [-0.2, 0) is 9.53 Å². The van der Waals surface area contributed by atoms with E-state index in [-0.39, 0.29) is 6.10 Å². The first kappa shape index (κ1) is 14.7. The van der Waals surface area contributed by atoms with Gasteiger partial charge in [-0.1, -0.05) is 0 Å². The van der Waals surface area contributed by atoms with Crippen molar-refractivity contribution in [3.8, 4) is 0 Å². The lowest BCUT2D eigenvalue weighted by atomic mass is 10.1. The molecule has 0 bridgehead atoms. The van der Waals surface area contributed by atoms with Crippen molar-refractivity contribution in [2.24, 2.45) is 5.73 Å². The first-order valence-electron chi connectivity index (χ1n) is 5.51. The van der Waals surface area contributed by atoms with Crippen LogP contribution in [0.3, 0.4) is 0 Å². The van der Waals surface area contributed by atoms with Crippen LogP contribution in [0.25, 0.3) is 0 Å². The Hall–Kier alpha value is -0.340. The van der Waals surface area contributed by atoms with Gasteiger partial charge in [0.1, 0.15) is 18.2 Å². The number of aliphatic hydroxyl groups is 2. The highest BCUT2D eigenvalue weighted by atomic mass is 32.2. The minimum Gasteiger partial charge on any atom is -0.480 e. The molecule has 0 amide bonds. The summed E-state index contributed by atoms with van der Waals surface area (Å²) >= 11 is 1.46. The van der Waals surface area contributed by atoms with Crippen LogP contribution >= 0.6 is 11.8 Å². The van der Waals surface area contributed by atoms with Crippen molar-refractivity contribution in [2.75, 3.05) is 11.5 Å². The van der Waals surface area contributed by atoms with Gasteiger partial charge in [-0.15, -0.1) is 0 Å². The van der Waals surface area contributed by atoms with Crippen molar-refractivity contribution >= 4 is 17.7 Å². The van der Waals surface area contributed by atoms with E-state index in [4.69, 9.17) is 15.6 Å². The number of hydrogen-bond acceptors (Lipinski definition) is 6. The molecule has 100 valence electrons. The van der Waals surface area contributed by atoms with E-state index in [1.165, 1.54) is 11.8 Å². The molecular weight excluding hydrogens is 246 g/mol. The maximum absolute atomic E-state index is 10.5. The second-order valence-corrected chi connectivity index (χ2v) is 5.32. The third kappa shape index (κ3) is 4.11. The van der Waals surface area contributed by atoms with Gasteiger partial charge in [-0.25, -0.2) is 0 Å². The van der Waals surface area contributed by atoms with Crippen molar-refractivity contribution in [3.05, 3.63) is 0 Å². The van der Waals surface area contributed by atoms with Crippen molar-refractivity contribution in [1.82, 2.24) is 0 Å². The van der Waals surface area contributed by atoms with Gasteiger partial charge < -0.3 is 25.8 Å². The molecule has 0 radical (unpaired) electrons. The normalized spacial score (nSPS) is 34.8. The zero-order chi connectivity index (χ0) is 13.0. The zero-order valence-corrected chi connectivity index (χ0v) is 10.5. The van der Waals surface area contributed by atoms with Gasteiger partial charge in [0.15, 0.2) is 0 Å². The van der Waals surface area contributed by atoms with E-state index in [0.29, 0.717) is 17.9 Å². The summed E-state index contributed by atoms with van der Waals surface area (Å²) in [6.07, 6.45) is -2.10. The fourth-order valence-electron chi connectivity index (χ4n) is 1.61. The average molecular weight is 265 g/mol. The van der Waals surface area contributed by atoms with Gasteiger partial charge >= 0.3 is 5.97 Å². The highest BCUT2D eigenvalue weighted by molar-refractivity contribution is 7.99. The molecule has 0 saturated carbocycles. The number of aliphatic hydroxyl groups excluding tert-OH is 2. The summed E-state index contributed by atoms with van der Waals surface area (Å²) < 4.78 is 5.37. The molecule has 1 aliphatic heterocycles. The van der Waals surface area contributed by atoms with Crippen molar-refractivity contribution < 1.29 is 24.9 Å². The predicted octanol–water partition coefficient (Wildman–Crippen LogP) is -0.969. The van der Waals surface area contributed by atoms with E-state index in [9.17, 15) is 15.0 Å². The quantitative estimate of drug-likeness (QED) is 0.457. The van der Waals surface area contributed by atoms with Crippen molar-refractivity contribution in [2.45, 2.75) is 43.8 Å². The Bertz CT molecular complexity index is 265. The van der Waals surface area contributed by atoms with E-state index in [1.54, 1.807) is 6.92 Å². The molecule has 0 aromatic rings. The summed E-state index contributed by atoms with van der Waals surface area (Å²) in [5.41, 5.74) is 5.35. The third-order valence-electron chi connectivity index (χ3n) is 2.77. The molecule has 1 saturated heterocycles. The molecule has 1 heterocycles. The second-order valence-electron chi connectivity index (χ2n) is 4.17. The highest BCUT2D eigenvalue weighted by Gasteiger charge is 2.39. The molecule has 0 aromatic carbocycles. The lowest BCUT2D eigenvalue weighted by Gasteiger charge is -2.14. The van der Waals surface area contributed by atoms with Gasteiger partial charge in [0.2, 0.25) is 0 Å². The van der Waals surface area contributed by atoms with Gasteiger partial charge in [0.25, 0.3) is 0 Å². The number of aliphatic carboxylic acids is 1. The topological polar surface area (TPSA) is 113 Å². The molecule has 0 spiro atoms. The average Bonchev–Trinajstić information content (AvgIpc) is 2.52. The van der Waals surface area contributed by atoms with E-state index < -0.39 is 30.3 Å². The molecule has 0 aliphatic carbocycles. The Kier molecular flexibility index (Phi) is 5.68. The molecule has 0 aromatic heterocycles. The van der Waals surface area contributed by atoms with Gasteiger partial charge in [-0.2, -0.15) is 11.8 Å². The Morgan fingerprint density at radius 2 is 2.12 bits per heavy atom. The first-order chi connectivity index (χ1) is 7.93. The van der Waals surface area contributed by atoms with E-state index in [2.05, 4.69) is 0 Å². The lowest BCUT2D eigenvalue weighted by molar-refractivity contribution is -0.138. The number of hydrogen-bond donors (Lipinski definition) is 4. The maximum Gasteiger partial charge on any atom is 0.320 e. The van der Waals surface area contributed by atoms with Crippen molar-refractivity contribution in [1.29, 1.82) is 0 Å². The molecule has 7 heteroatoms. The van der Waals surface area contributed by atoms with Gasteiger partial charge in [0, 0.05) is 5.75 Å². The van der Waals surface area contributed by atoms with E-state index in [0.717, 1.165) is 0 Å². The Labute approximate surface area is 104 Å². The van der Waals surface area contributed by atoms with Crippen LogP contribution < -0.4 is 5.73 Å². The van der Waals surface area contributed by atoms with Crippen LogP contribution in [-0.4, -0.2) is 63.3 Å². The zero-order valence-electron chi connectivity index (χ0n) is 9.65. The summed E-state index contributed by atoms with van der Waals surface area (Å²) in [5, 5.41) is 27.7. The first-order valence-corrected chi connectivity index (χ1v) is 6.66. The number of thioether (sulfide) groups is 1. The molecule has 1 fully saturated rings. The SMILES string of the molecule is CC1OC(CSCC[C@H](N)C(=O)O)[C@@H](O)[C@H]1O. The van der Waals surface area contributed by atoms with Crippen LogP contribution in [0.2, 0.25) is 0 Å². The van der Waals surface area contributed by atoms with Crippen LogP contribution in [0, 0.1) is 0 Å². The minimum atomic E-state index is -1.01. The Balaban J connectivity index is 2.17. The summed E-state index contributed by atoms with van der Waals surface area (Å²) in [7, 11) is 0. The van der Waals surface area contributed by atoms with Gasteiger partial charge in [0.05, 0.1) is 12.2 Å². The molecule has 6 nitrogen and oxygen atoms in total. The highest BCUT2D eigenvalue weighted by Crippen LogP contribution is 2.24. The number of ether oxygens (including phenoxy) is 1. The van der Waals surface area contributed by atoms with Crippen LogP contribution in [0.15, 0.2) is 0 Å². The number of carboxylic acids is 1. The molecule has 5 N–H and O–H groups in total. The number of rotatable bonds is 6. The molecule has 1 aliphatic rings. The smallest absolute Gasteiger partial charge is 0.320 e.